The monoisotopic (exact) mass is 399 g/mol. The maximum Gasteiger partial charge on any atom is 0.261 e. The summed E-state index contributed by atoms with van der Waals surface area (Å²) in [7, 11) is 3.45. The third-order valence-electron chi connectivity index (χ3n) is 3.89. The first-order chi connectivity index (χ1) is 13.4. The largest absolute Gasteiger partial charge is 0.493 e. The van der Waals surface area contributed by atoms with E-state index in [0.717, 1.165) is 17.7 Å². The van der Waals surface area contributed by atoms with Crippen molar-refractivity contribution in [2.45, 2.75) is 19.8 Å². The van der Waals surface area contributed by atoms with E-state index in [1.807, 2.05) is 37.3 Å². The van der Waals surface area contributed by atoms with Crippen molar-refractivity contribution in [3.63, 3.8) is 0 Å². The third kappa shape index (κ3) is 6.35. The second-order valence-electron chi connectivity index (χ2n) is 6.41. The van der Waals surface area contributed by atoms with Crippen LogP contribution in [0, 0.1) is 0 Å². The highest BCUT2D eigenvalue weighted by Gasteiger charge is 2.13. The number of benzene rings is 2. The second kappa shape index (κ2) is 10.4. The molecule has 0 atom stereocenters. The predicted octanol–water partition coefficient (Wildman–Crippen LogP) is 3.23. The molecule has 0 bridgehead atoms. The molecule has 28 heavy (non-hydrogen) atoms. The van der Waals surface area contributed by atoms with Gasteiger partial charge in [0.25, 0.3) is 5.91 Å². The van der Waals surface area contributed by atoms with Crippen molar-refractivity contribution in [3.05, 3.63) is 59.7 Å². The van der Waals surface area contributed by atoms with Crippen LogP contribution < -0.4 is 15.4 Å². The average Bonchev–Trinajstić information content (AvgIpc) is 2.67. The Balaban J connectivity index is 1.95. The summed E-state index contributed by atoms with van der Waals surface area (Å²) in [6, 6.07) is 14.4. The Kier molecular flexibility index (Phi) is 7.95. The molecule has 0 aliphatic heterocycles. The zero-order valence-corrected chi connectivity index (χ0v) is 17.1. The summed E-state index contributed by atoms with van der Waals surface area (Å²) >= 11 is 5.24. The van der Waals surface area contributed by atoms with E-state index in [2.05, 4.69) is 10.6 Å². The third-order valence-corrected chi connectivity index (χ3v) is 4.09. The van der Waals surface area contributed by atoms with Crippen molar-refractivity contribution in [2.24, 2.45) is 0 Å². The number of anilines is 1. The van der Waals surface area contributed by atoms with E-state index in [1.54, 1.807) is 37.2 Å². The summed E-state index contributed by atoms with van der Waals surface area (Å²) in [5, 5.41) is 5.82. The predicted molar refractivity (Wildman–Crippen MR) is 115 cm³/mol. The Labute approximate surface area is 170 Å². The molecular formula is C21H25N3O3S. The minimum Gasteiger partial charge on any atom is -0.493 e. The molecule has 2 aromatic carbocycles. The fraction of sp³-hybridized carbons (Fsp3) is 0.286. The first kappa shape index (κ1) is 21.4. The molecule has 0 heterocycles. The average molecular weight is 400 g/mol. The van der Waals surface area contributed by atoms with Gasteiger partial charge in [0.15, 0.2) is 5.11 Å². The van der Waals surface area contributed by atoms with Crippen LogP contribution in [0.5, 0.6) is 5.75 Å². The summed E-state index contributed by atoms with van der Waals surface area (Å²) in [5.74, 6) is 0.226. The quantitative estimate of drug-likeness (QED) is 0.700. The molecule has 0 aromatic heterocycles. The van der Waals surface area contributed by atoms with Gasteiger partial charge in [0, 0.05) is 19.8 Å². The molecule has 0 radical (unpaired) electrons. The first-order valence-electron chi connectivity index (χ1n) is 9.04. The Bertz CT molecular complexity index is 835. The van der Waals surface area contributed by atoms with Crippen molar-refractivity contribution in [3.8, 4) is 5.75 Å². The SMILES string of the molecule is CCCOc1ccccc1C(=O)NC(=S)Nc1ccc(CC(=O)N(C)C)cc1. The zero-order chi connectivity index (χ0) is 20.5. The highest BCUT2D eigenvalue weighted by Crippen LogP contribution is 2.18. The van der Waals surface area contributed by atoms with Gasteiger partial charge in [-0.25, -0.2) is 0 Å². The van der Waals surface area contributed by atoms with Crippen LogP contribution in [0.15, 0.2) is 48.5 Å². The van der Waals surface area contributed by atoms with E-state index in [1.165, 1.54) is 0 Å². The van der Waals surface area contributed by atoms with Gasteiger partial charge in [-0.2, -0.15) is 0 Å². The smallest absolute Gasteiger partial charge is 0.261 e. The lowest BCUT2D eigenvalue weighted by Crippen LogP contribution is -2.34. The van der Waals surface area contributed by atoms with Gasteiger partial charge in [0.2, 0.25) is 5.91 Å². The van der Waals surface area contributed by atoms with E-state index < -0.39 is 0 Å². The normalized spacial score (nSPS) is 10.1. The minimum atomic E-state index is -0.336. The molecule has 0 saturated heterocycles. The van der Waals surface area contributed by atoms with Crippen molar-refractivity contribution >= 4 is 34.8 Å². The lowest BCUT2D eigenvalue weighted by Gasteiger charge is -2.13. The van der Waals surface area contributed by atoms with Gasteiger partial charge in [0.1, 0.15) is 5.75 Å². The topological polar surface area (TPSA) is 70.7 Å². The molecule has 0 aliphatic carbocycles. The van der Waals surface area contributed by atoms with Crippen LogP contribution >= 0.6 is 12.2 Å². The fourth-order valence-corrected chi connectivity index (χ4v) is 2.57. The van der Waals surface area contributed by atoms with Gasteiger partial charge < -0.3 is 15.0 Å². The molecule has 2 aromatic rings. The molecule has 7 heteroatoms. The molecule has 2 N–H and O–H groups in total. The number of thiocarbonyl (C=S) groups is 1. The number of hydrogen-bond acceptors (Lipinski definition) is 4. The Morgan fingerprint density at radius 2 is 1.75 bits per heavy atom. The lowest BCUT2D eigenvalue weighted by atomic mass is 10.1. The number of nitrogens with zero attached hydrogens (tertiary/aromatic N) is 1. The number of carbonyl (C=O) groups excluding carboxylic acids is 2. The van der Waals surface area contributed by atoms with Gasteiger partial charge in [-0.1, -0.05) is 31.2 Å². The van der Waals surface area contributed by atoms with Gasteiger partial charge in [-0.15, -0.1) is 0 Å². The molecule has 148 valence electrons. The van der Waals surface area contributed by atoms with Gasteiger partial charge in [-0.05, 0) is 48.5 Å². The van der Waals surface area contributed by atoms with Crippen molar-refractivity contribution in [2.75, 3.05) is 26.0 Å². The molecule has 0 unspecified atom stereocenters. The molecule has 0 fully saturated rings. The Hall–Kier alpha value is -2.93. The van der Waals surface area contributed by atoms with E-state index in [-0.39, 0.29) is 16.9 Å². The number of ether oxygens (including phenoxy) is 1. The molecule has 0 saturated carbocycles. The molecular weight excluding hydrogens is 374 g/mol. The van der Waals surface area contributed by atoms with Crippen LogP contribution in [0.4, 0.5) is 5.69 Å². The molecule has 6 nitrogen and oxygen atoms in total. The highest BCUT2D eigenvalue weighted by atomic mass is 32.1. The number of amides is 2. The molecule has 2 amide bonds. The molecule has 2 rings (SSSR count). The maximum absolute atomic E-state index is 12.5. The lowest BCUT2D eigenvalue weighted by molar-refractivity contribution is -0.127. The summed E-state index contributed by atoms with van der Waals surface area (Å²) in [6.07, 6.45) is 1.19. The fourth-order valence-electron chi connectivity index (χ4n) is 2.36. The highest BCUT2D eigenvalue weighted by molar-refractivity contribution is 7.80. The van der Waals surface area contributed by atoms with Crippen LogP contribution in [0.3, 0.4) is 0 Å². The summed E-state index contributed by atoms with van der Waals surface area (Å²) in [6.45, 7) is 2.54. The van der Waals surface area contributed by atoms with Gasteiger partial charge >= 0.3 is 0 Å². The number of hydrogen-bond donors (Lipinski definition) is 2. The Morgan fingerprint density at radius 3 is 2.39 bits per heavy atom. The molecule has 0 aliphatic rings. The maximum atomic E-state index is 12.5. The molecule has 0 spiro atoms. The number of para-hydroxylation sites is 1. The van der Waals surface area contributed by atoms with Crippen LogP contribution in [-0.4, -0.2) is 42.5 Å². The standard InChI is InChI=1S/C21H25N3O3S/c1-4-13-27-18-8-6-5-7-17(18)20(26)23-21(28)22-16-11-9-15(10-12-16)14-19(25)24(2)3/h5-12H,4,13-14H2,1-3H3,(H2,22,23,26,28). The van der Waals surface area contributed by atoms with E-state index in [0.29, 0.717) is 24.3 Å². The second-order valence-corrected chi connectivity index (χ2v) is 6.82. The minimum absolute atomic E-state index is 0.0347. The van der Waals surface area contributed by atoms with E-state index in [4.69, 9.17) is 17.0 Å². The summed E-state index contributed by atoms with van der Waals surface area (Å²) < 4.78 is 5.61. The van der Waals surface area contributed by atoms with Gasteiger partial charge in [0.05, 0.1) is 18.6 Å². The van der Waals surface area contributed by atoms with Crippen molar-refractivity contribution < 1.29 is 14.3 Å². The van der Waals surface area contributed by atoms with Crippen LogP contribution in [-0.2, 0) is 11.2 Å². The van der Waals surface area contributed by atoms with E-state index in [9.17, 15) is 9.59 Å². The van der Waals surface area contributed by atoms with Crippen LogP contribution in [0.25, 0.3) is 0 Å². The van der Waals surface area contributed by atoms with Crippen LogP contribution in [0.1, 0.15) is 29.3 Å². The number of likely N-dealkylation sites (N-methyl/N-ethyl adjacent to an activating group) is 1. The number of carbonyl (C=O) groups is 2. The van der Waals surface area contributed by atoms with Crippen molar-refractivity contribution in [1.82, 2.24) is 10.2 Å². The van der Waals surface area contributed by atoms with E-state index >= 15 is 0 Å². The summed E-state index contributed by atoms with van der Waals surface area (Å²) in [5.41, 5.74) is 2.06. The number of rotatable bonds is 7. The first-order valence-corrected chi connectivity index (χ1v) is 9.44. The zero-order valence-electron chi connectivity index (χ0n) is 16.3. The van der Waals surface area contributed by atoms with Crippen LogP contribution in [0.2, 0.25) is 0 Å². The van der Waals surface area contributed by atoms with Crippen molar-refractivity contribution in [1.29, 1.82) is 0 Å². The number of nitrogens with one attached hydrogen (secondary N) is 2. The Morgan fingerprint density at radius 1 is 1.07 bits per heavy atom. The van der Waals surface area contributed by atoms with Gasteiger partial charge in [-0.3, -0.25) is 14.9 Å². The summed E-state index contributed by atoms with van der Waals surface area (Å²) in [4.78, 5) is 25.8.